The van der Waals surface area contributed by atoms with Crippen molar-refractivity contribution in [3.05, 3.63) is 5.82 Å². The molecule has 0 atom stereocenters. The number of anilines is 1. The summed E-state index contributed by atoms with van der Waals surface area (Å²) in [6.07, 6.45) is 2.19. The Morgan fingerprint density at radius 2 is 2.21 bits per heavy atom. The van der Waals surface area contributed by atoms with Crippen LogP contribution in [0.4, 0.5) is 6.01 Å². The van der Waals surface area contributed by atoms with E-state index in [0.717, 1.165) is 38.2 Å². The highest BCUT2D eigenvalue weighted by Gasteiger charge is 2.21. The minimum atomic E-state index is -0.167. The third-order valence-corrected chi connectivity index (χ3v) is 2.51. The highest BCUT2D eigenvalue weighted by Crippen LogP contribution is 2.17. The van der Waals surface area contributed by atoms with Gasteiger partial charge in [0.05, 0.1) is 6.10 Å². The van der Waals surface area contributed by atoms with Crippen molar-refractivity contribution in [3.63, 3.8) is 0 Å². The lowest BCUT2D eigenvalue weighted by molar-refractivity contribution is 0.143. The van der Waals surface area contributed by atoms with Gasteiger partial charge in [-0.1, -0.05) is 12.1 Å². The summed E-state index contributed by atoms with van der Waals surface area (Å²) in [5.74, 6) is 0.742. The van der Waals surface area contributed by atoms with E-state index in [0.29, 0.717) is 6.01 Å². The zero-order chi connectivity index (χ0) is 9.97. The Hall–Kier alpha value is -1.10. The molecule has 0 unspecified atom stereocenters. The summed E-state index contributed by atoms with van der Waals surface area (Å²) in [6, 6.07) is 0.591. The first-order valence-electron chi connectivity index (χ1n) is 5.05. The first-order chi connectivity index (χ1) is 6.79. The van der Waals surface area contributed by atoms with Crippen molar-refractivity contribution in [2.24, 2.45) is 0 Å². The molecule has 0 amide bonds. The number of aliphatic hydroxyl groups is 1. The fourth-order valence-corrected chi connectivity index (χ4v) is 1.57. The van der Waals surface area contributed by atoms with Crippen molar-refractivity contribution in [1.29, 1.82) is 0 Å². The van der Waals surface area contributed by atoms with Gasteiger partial charge in [0.1, 0.15) is 0 Å². The molecule has 14 heavy (non-hydrogen) atoms. The first-order valence-corrected chi connectivity index (χ1v) is 5.05. The maximum Gasteiger partial charge on any atom is 0.324 e. The molecule has 5 heteroatoms. The maximum absolute atomic E-state index is 9.33. The van der Waals surface area contributed by atoms with Crippen LogP contribution in [0.3, 0.4) is 0 Å². The Morgan fingerprint density at radius 1 is 1.50 bits per heavy atom. The van der Waals surface area contributed by atoms with Gasteiger partial charge in [-0.2, -0.15) is 4.98 Å². The van der Waals surface area contributed by atoms with Crippen LogP contribution in [0.2, 0.25) is 0 Å². The van der Waals surface area contributed by atoms with Crippen LogP contribution in [0.5, 0.6) is 0 Å². The molecule has 0 aromatic carbocycles. The lowest BCUT2D eigenvalue weighted by atomic mass is 10.1. The van der Waals surface area contributed by atoms with Gasteiger partial charge in [-0.3, -0.25) is 0 Å². The summed E-state index contributed by atoms with van der Waals surface area (Å²) >= 11 is 0. The second kappa shape index (κ2) is 3.96. The molecule has 2 heterocycles. The molecular formula is C9H15N3O2. The molecule has 2 rings (SSSR count). The van der Waals surface area contributed by atoms with Gasteiger partial charge in [0.15, 0.2) is 5.82 Å². The van der Waals surface area contributed by atoms with Gasteiger partial charge in [0.25, 0.3) is 0 Å². The summed E-state index contributed by atoms with van der Waals surface area (Å²) in [4.78, 5) is 6.27. The molecular weight excluding hydrogens is 182 g/mol. The fourth-order valence-electron chi connectivity index (χ4n) is 1.57. The molecule has 0 aliphatic carbocycles. The Morgan fingerprint density at radius 3 is 2.79 bits per heavy atom. The standard InChI is InChI=1S/C9H15N3O2/c1-2-8-10-9(14-11-8)12-5-3-7(13)4-6-12/h7,13H,2-6H2,1H3. The van der Waals surface area contributed by atoms with Crippen molar-refractivity contribution in [1.82, 2.24) is 10.1 Å². The second-order valence-corrected chi connectivity index (χ2v) is 3.56. The third-order valence-electron chi connectivity index (χ3n) is 2.51. The smallest absolute Gasteiger partial charge is 0.324 e. The lowest BCUT2D eigenvalue weighted by Gasteiger charge is -2.27. The van der Waals surface area contributed by atoms with Crippen LogP contribution in [-0.4, -0.2) is 34.4 Å². The number of nitrogens with zero attached hydrogens (tertiary/aromatic N) is 3. The van der Waals surface area contributed by atoms with E-state index >= 15 is 0 Å². The number of hydrogen-bond donors (Lipinski definition) is 1. The van der Waals surface area contributed by atoms with Gasteiger partial charge >= 0.3 is 6.01 Å². The molecule has 1 aromatic rings. The van der Waals surface area contributed by atoms with Crippen LogP contribution in [0.1, 0.15) is 25.6 Å². The van der Waals surface area contributed by atoms with E-state index < -0.39 is 0 Å². The Balaban J connectivity index is 2.01. The monoisotopic (exact) mass is 197 g/mol. The molecule has 1 N–H and O–H groups in total. The van der Waals surface area contributed by atoms with E-state index in [1.807, 2.05) is 11.8 Å². The van der Waals surface area contributed by atoms with Crippen LogP contribution in [-0.2, 0) is 6.42 Å². The second-order valence-electron chi connectivity index (χ2n) is 3.56. The molecule has 0 bridgehead atoms. The summed E-state index contributed by atoms with van der Waals surface area (Å²) in [7, 11) is 0. The predicted octanol–water partition coefficient (Wildman–Crippen LogP) is 0.593. The molecule has 78 valence electrons. The van der Waals surface area contributed by atoms with Crippen molar-refractivity contribution in [3.8, 4) is 0 Å². The average Bonchev–Trinajstić information content (AvgIpc) is 2.67. The minimum Gasteiger partial charge on any atom is -0.393 e. The SMILES string of the molecule is CCc1noc(N2CCC(O)CC2)n1. The van der Waals surface area contributed by atoms with E-state index in [1.165, 1.54) is 0 Å². The number of rotatable bonds is 2. The largest absolute Gasteiger partial charge is 0.393 e. The number of hydrogen-bond acceptors (Lipinski definition) is 5. The molecule has 1 aliphatic heterocycles. The molecule has 0 saturated carbocycles. The third kappa shape index (κ3) is 1.87. The number of aryl methyl sites for hydroxylation is 1. The summed E-state index contributed by atoms with van der Waals surface area (Å²) < 4.78 is 5.11. The zero-order valence-electron chi connectivity index (χ0n) is 8.31. The topological polar surface area (TPSA) is 62.4 Å². The molecule has 1 fully saturated rings. The Kier molecular flexibility index (Phi) is 2.67. The summed E-state index contributed by atoms with van der Waals surface area (Å²) in [6.45, 7) is 3.59. The number of aliphatic hydroxyl groups excluding tert-OH is 1. The van der Waals surface area contributed by atoms with Crippen molar-refractivity contribution < 1.29 is 9.63 Å². The highest BCUT2D eigenvalue weighted by atomic mass is 16.5. The van der Waals surface area contributed by atoms with Gasteiger partial charge in [0.2, 0.25) is 0 Å². The van der Waals surface area contributed by atoms with Crippen LogP contribution >= 0.6 is 0 Å². The first kappa shape index (κ1) is 9.45. The average molecular weight is 197 g/mol. The van der Waals surface area contributed by atoms with E-state index in [9.17, 15) is 5.11 Å². The van der Waals surface area contributed by atoms with Gasteiger partial charge in [-0.05, 0) is 12.8 Å². The Bertz CT molecular complexity index is 292. The van der Waals surface area contributed by atoms with Crippen molar-refractivity contribution in [2.75, 3.05) is 18.0 Å². The molecule has 0 radical (unpaired) electrons. The normalized spacial score (nSPS) is 18.9. The molecule has 1 saturated heterocycles. The van der Waals surface area contributed by atoms with Crippen LogP contribution in [0.25, 0.3) is 0 Å². The van der Waals surface area contributed by atoms with Gasteiger partial charge in [-0.15, -0.1) is 0 Å². The number of aromatic nitrogens is 2. The quantitative estimate of drug-likeness (QED) is 0.752. The van der Waals surface area contributed by atoms with Crippen molar-refractivity contribution in [2.45, 2.75) is 32.3 Å². The van der Waals surface area contributed by atoms with Crippen molar-refractivity contribution >= 4 is 6.01 Å². The summed E-state index contributed by atoms with van der Waals surface area (Å²) in [5, 5.41) is 13.2. The lowest BCUT2D eigenvalue weighted by Crippen LogP contribution is -2.35. The predicted molar refractivity (Wildman–Crippen MR) is 51.1 cm³/mol. The minimum absolute atomic E-state index is 0.167. The van der Waals surface area contributed by atoms with E-state index in [1.54, 1.807) is 0 Å². The molecule has 0 spiro atoms. The maximum atomic E-state index is 9.33. The van der Waals surface area contributed by atoms with Gasteiger partial charge in [-0.25, -0.2) is 0 Å². The number of piperidine rings is 1. The van der Waals surface area contributed by atoms with E-state index in [-0.39, 0.29) is 6.10 Å². The van der Waals surface area contributed by atoms with E-state index in [2.05, 4.69) is 10.1 Å². The van der Waals surface area contributed by atoms with E-state index in [4.69, 9.17) is 4.52 Å². The zero-order valence-corrected chi connectivity index (χ0v) is 8.31. The van der Waals surface area contributed by atoms with Gasteiger partial charge in [0, 0.05) is 19.5 Å². The van der Waals surface area contributed by atoms with Crippen LogP contribution in [0, 0.1) is 0 Å². The van der Waals surface area contributed by atoms with Gasteiger partial charge < -0.3 is 14.5 Å². The molecule has 1 aliphatic rings. The fraction of sp³-hybridized carbons (Fsp3) is 0.778. The molecule has 1 aromatic heterocycles. The summed E-state index contributed by atoms with van der Waals surface area (Å²) in [5.41, 5.74) is 0. The van der Waals surface area contributed by atoms with Crippen LogP contribution in [0.15, 0.2) is 4.52 Å². The highest BCUT2D eigenvalue weighted by molar-refractivity contribution is 5.25. The Labute approximate surface area is 82.7 Å². The molecule has 5 nitrogen and oxygen atoms in total. The van der Waals surface area contributed by atoms with Crippen LogP contribution < -0.4 is 4.90 Å².